The Hall–Kier alpha value is -2.42. The monoisotopic (exact) mass is 1220 g/mol. The van der Waals surface area contributed by atoms with Gasteiger partial charge < -0.3 is 114 Å². The lowest BCUT2D eigenvalue weighted by atomic mass is 9.33. The Morgan fingerprint density at radius 1 is 0.659 bits per heavy atom. The molecule has 0 aromatic heterocycles. The molecule has 0 amide bonds. The second-order valence-electron chi connectivity index (χ2n) is 28.0. The number of fused-ring (bicyclic) bond motifs is 7. The van der Waals surface area contributed by atoms with E-state index in [0.717, 1.165) is 18.4 Å². The van der Waals surface area contributed by atoms with Gasteiger partial charge in [0.1, 0.15) is 104 Å². The third-order valence-electron chi connectivity index (χ3n) is 22.6. The van der Waals surface area contributed by atoms with Crippen molar-refractivity contribution in [3.63, 3.8) is 0 Å². The molecule has 9 aliphatic rings. The highest BCUT2D eigenvalue weighted by molar-refractivity contribution is 5.87. The number of hydrogen-bond acceptors (Lipinski definition) is 25. The van der Waals surface area contributed by atoms with Gasteiger partial charge >= 0.3 is 11.9 Å². The van der Waals surface area contributed by atoms with Crippen LogP contribution >= 0.6 is 0 Å². The van der Waals surface area contributed by atoms with Gasteiger partial charge in [-0.2, -0.15) is 0 Å². The second-order valence-corrected chi connectivity index (χ2v) is 28.0. The van der Waals surface area contributed by atoms with E-state index in [1.54, 1.807) is 19.9 Å². The number of ether oxygens (including phenoxy) is 10. The van der Waals surface area contributed by atoms with Crippen LogP contribution in [0.15, 0.2) is 23.3 Å². The summed E-state index contributed by atoms with van der Waals surface area (Å²) >= 11 is 0. The van der Waals surface area contributed by atoms with Gasteiger partial charge in [-0.1, -0.05) is 66.2 Å². The van der Waals surface area contributed by atoms with Crippen molar-refractivity contribution in [1.82, 2.24) is 0 Å². The number of carbonyl (C=O) groups excluding carboxylic acids is 2. The minimum absolute atomic E-state index is 0.00630. The average Bonchev–Trinajstić information content (AvgIpc) is 0.703. The lowest BCUT2D eigenvalue weighted by molar-refractivity contribution is -0.398. The SMILES string of the molecule is C/C=C(/C)C(=O)O[C@H]1[C@H](O)[C@]2(COC(C)=O)[C@H](O)C[C@]3(C)C(=CC[C@@H]4[C@@]5(C)CC[C@H](O[C@@H]6OC[C@H](O[C@@H]7O[C@H](CO)[C@@H](O)[C@H](O)[C@H]7O)[C@H](O)[C@H]6O[C@@H]6O[C@H](CO)[C@@H](O)[C@H](O)[C@H]6O[C@@H]6O[C@@H](C)[C@H](O)[C@@H](O)[C@H]6O)C(C)(C)[C@@H]5CC[C@]43C)[C@@H]2CC1(C)C. The number of esters is 2. The molecule has 4 aliphatic heterocycles. The lowest BCUT2D eigenvalue weighted by Crippen LogP contribution is -2.72. The molecule has 4 heterocycles. The molecule has 5 aliphatic carbocycles. The summed E-state index contributed by atoms with van der Waals surface area (Å²) in [6, 6.07) is 0. The topological polar surface area (TPSA) is 389 Å². The van der Waals surface area contributed by atoms with Crippen molar-refractivity contribution in [3.05, 3.63) is 23.3 Å². The van der Waals surface area contributed by atoms with Crippen LogP contribution in [-0.2, 0) is 57.0 Å². The van der Waals surface area contributed by atoms with Gasteiger partial charge in [-0.15, -0.1) is 0 Å². The van der Waals surface area contributed by atoms with Gasteiger partial charge in [-0.25, -0.2) is 4.79 Å². The zero-order valence-electron chi connectivity index (χ0n) is 50.7. The van der Waals surface area contributed by atoms with E-state index in [2.05, 4.69) is 40.7 Å². The maximum Gasteiger partial charge on any atom is 0.333 e. The molecule has 9 rings (SSSR count). The van der Waals surface area contributed by atoms with E-state index in [-0.39, 0.29) is 30.3 Å². The van der Waals surface area contributed by atoms with E-state index in [1.165, 1.54) is 13.8 Å². The summed E-state index contributed by atoms with van der Waals surface area (Å²) < 4.78 is 61.2. The summed E-state index contributed by atoms with van der Waals surface area (Å²) in [4.78, 5) is 25.9. The van der Waals surface area contributed by atoms with Crippen molar-refractivity contribution in [2.24, 2.45) is 50.2 Å². The first-order valence-corrected chi connectivity index (χ1v) is 30.3. The van der Waals surface area contributed by atoms with Gasteiger partial charge in [-0.05, 0) is 105 Å². The fraction of sp³-hybridized carbons (Fsp3) is 0.900. The Balaban J connectivity index is 1.01. The largest absolute Gasteiger partial charge is 0.465 e. The summed E-state index contributed by atoms with van der Waals surface area (Å²) in [6.07, 6.45) is -28.4. The number of hydrogen-bond donors (Lipinski definition) is 13. The first-order valence-electron chi connectivity index (χ1n) is 30.3. The van der Waals surface area contributed by atoms with E-state index >= 15 is 0 Å². The summed E-state index contributed by atoms with van der Waals surface area (Å²) in [5.41, 5.74) is -2.73. The smallest absolute Gasteiger partial charge is 0.333 e. The Morgan fingerprint density at radius 3 is 1.87 bits per heavy atom. The van der Waals surface area contributed by atoms with Crippen molar-refractivity contribution >= 4 is 11.9 Å². The van der Waals surface area contributed by atoms with Crippen molar-refractivity contribution in [1.29, 1.82) is 0 Å². The molecule has 0 aromatic carbocycles. The molecule has 13 N–H and O–H groups in total. The van der Waals surface area contributed by atoms with Crippen LogP contribution < -0.4 is 0 Å². The molecule has 8 fully saturated rings. The molecule has 0 bridgehead atoms. The third kappa shape index (κ3) is 11.2. The van der Waals surface area contributed by atoms with E-state index in [9.17, 15) is 76.0 Å². The Labute approximate surface area is 496 Å². The third-order valence-corrected chi connectivity index (χ3v) is 22.6. The van der Waals surface area contributed by atoms with E-state index in [0.29, 0.717) is 31.3 Å². The maximum absolute atomic E-state index is 13.4. The van der Waals surface area contributed by atoms with Gasteiger partial charge in [0.25, 0.3) is 0 Å². The van der Waals surface area contributed by atoms with Crippen LogP contribution in [0.5, 0.6) is 0 Å². The quantitative estimate of drug-likeness (QED) is 0.0434. The second kappa shape index (κ2) is 24.7. The van der Waals surface area contributed by atoms with Crippen LogP contribution in [0, 0.1) is 50.2 Å². The minimum Gasteiger partial charge on any atom is -0.465 e. The van der Waals surface area contributed by atoms with Crippen molar-refractivity contribution in [2.45, 2.75) is 262 Å². The zero-order valence-corrected chi connectivity index (χ0v) is 50.7. The zero-order chi connectivity index (χ0) is 62.6. The number of carbonyl (C=O) groups is 2. The molecule has 4 saturated heterocycles. The molecule has 25 heteroatoms. The molecular formula is C60H96O25. The average molecular weight is 1220 g/mol. The van der Waals surface area contributed by atoms with Crippen molar-refractivity contribution in [3.8, 4) is 0 Å². The minimum atomic E-state index is -1.94. The summed E-state index contributed by atoms with van der Waals surface area (Å²) in [5, 5.41) is 145. The fourth-order valence-corrected chi connectivity index (χ4v) is 17.2. The van der Waals surface area contributed by atoms with Gasteiger partial charge in [0.05, 0.1) is 43.5 Å². The van der Waals surface area contributed by atoms with Crippen LogP contribution in [0.25, 0.3) is 0 Å². The molecular weight excluding hydrogens is 1120 g/mol. The predicted octanol–water partition coefficient (Wildman–Crippen LogP) is -0.895. The first-order chi connectivity index (χ1) is 39.7. The Kier molecular flexibility index (Phi) is 19.4. The molecule has 30 atom stereocenters. The number of aliphatic hydroxyl groups is 13. The van der Waals surface area contributed by atoms with E-state index in [1.807, 2.05) is 13.8 Å². The highest BCUT2D eigenvalue weighted by Crippen LogP contribution is 2.76. The maximum atomic E-state index is 13.4. The predicted molar refractivity (Wildman–Crippen MR) is 292 cm³/mol. The van der Waals surface area contributed by atoms with E-state index < -0.39 is 206 Å². The fourth-order valence-electron chi connectivity index (χ4n) is 17.2. The van der Waals surface area contributed by atoms with Crippen molar-refractivity contribution < 1.29 is 123 Å². The van der Waals surface area contributed by atoms with Crippen LogP contribution in [0.4, 0.5) is 0 Å². The molecule has 0 radical (unpaired) electrons. The highest BCUT2D eigenvalue weighted by Gasteiger charge is 2.73. The van der Waals surface area contributed by atoms with Gasteiger partial charge in [-0.3, -0.25) is 4.79 Å². The van der Waals surface area contributed by atoms with Gasteiger partial charge in [0.2, 0.25) is 0 Å². The lowest BCUT2D eigenvalue weighted by Gasteiger charge is -2.72. The number of rotatable bonds is 14. The molecule has 4 saturated carbocycles. The molecule has 0 aromatic rings. The number of aliphatic hydroxyl groups excluding tert-OH is 13. The number of allylic oxidation sites excluding steroid dienone is 3. The first kappa shape index (κ1) is 67.0. The molecule has 0 unspecified atom stereocenters. The molecule has 0 spiro atoms. The normalized spacial score (nSPS) is 51.4. The molecule has 25 nitrogen and oxygen atoms in total. The summed E-state index contributed by atoms with van der Waals surface area (Å²) in [7, 11) is 0. The van der Waals surface area contributed by atoms with Crippen LogP contribution in [0.1, 0.15) is 121 Å². The van der Waals surface area contributed by atoms with Crippen molar-refractivity contribution in [2.75, 3.05) is 26.4 Å². The molecule has 486 valence electrons. The Bertz CT molecular complexity index is 2440. The van der Waals surface area contributed by atoms with Gasteiger partial charge in [0.15, 0.2) is 25.2 Å². The van der Waals surface area contributed by atoms with Crippen LogP contribution in [0.3, 0.4) is 0 Å². The standard InChI is InChI=1S/C60H96O25/c1-12-25(2)50(75)85-49-48(74)60(24-77-27(4)63)29(19-55(49,5)6)28-13-14-34-57(9)17-16-36(56(7,8)33(57)15-18-58(34,10)59(28,11)20-35(60)64)82-53-46(40(68)32(23-76-53)81-52-45(73)42(70)38(66)30(21-61)79-52)84-54-47(43(71)39(67)31(22-62)80-54)83-51-44(72)41(69)37(65)26(3)78-51/h12-13,26,29-49,51-54,61-62,64-74H,14-24H2,1-11H3/b25-12-/t26-,29-,30+,31+,32-,33-,34+,35+,36-,37-,38+,39+,40-,41+,42-,43-,44+,45+,46+,47+,48-,49-,51-,52-,53-,54-,57-,58+,59+,60-/m0/s1. The van der Waals surface area contributed by atoms with E-state index in [4.69, 9.17) is 47.4 Å². The van der Waals surface area contributed by atoms with Crippen LogP contribution in [0.2, 0.25) is 0 Å². The molecule has 85 heavy (non-hydrogen) atoms. The highest BCUT2D eigenvalue weighted by atomic mass is 16.8. The summed E-state index contributed by atoms with van der Waals surface area (Å²) in [5.74, 6) is -1.56. The van der Waals surface area contributed by atoms with Gasteiger partial charge in [0, 0.05) is 17.9 Å². The Morgan fingerprint density at radius 2 is 1.25 bits per heavy atom. The van der Waals surface area contributed by atoms with Crippen LogP contribution in [-0.4, -0.2) is 246 Å². The summed E-state index contributed by atoms with van der Waals surface area (Å²) in [6.45, 7) is 18.7.